The third kappa shape index (κ3) is 4.35. The zero-order chi connectivity index (χ0) is 21.4. The average molecular weight is 440 g/mol. The van der Waals surface area contributed by atoms with Crippen LogP contribution in [0.15, 0.2) is 46.2 Å². The van der Waals surface area contributed by atoms with Gasteiger partial charge in [-0.2, -0.15) is 0 Å². The lowest BCUT2D eigenvalue weighted by Gasteiger charge is -2.30. The third-order valence-corrected chi connectivity index (χ3v) is 7.35. The van der Waals surface area contributed by atoms with Gasteiger partial charge >= 0.3 is 0 Å². The molecule has 2 aromatic rings. The first-order chi connectivity index (χ1) is 13.6. The normalized spacial score (nSPS) is 17.4. The minimum Gasteiger partial charge on any atom is -0.497 e. The summed E-state index contributed by atoms with van der Waals surface area (Å²) in [6.07, 6.45) is 3.82. The molecule has 1 atom stereocenters. The van der Waals surface area contributed by atoms with Gasteiger partial charge < -0.3 is 14.4 Å². The van der Waals surface area contributed by atoms with Crippen LogP contribution in [0, 0.1) is 0 Å². The SMILES string of the molecule is COc1ccc(OC)c([C@@H]2CCCN2c2ccc(S(C)(=O)=O)cc2S(C)(=O)=O)c1. The van der Waals surface area contributed by atoms with Crippen LogP contribution in [0.25, 0.3) is 0 Å². The summed E-state index contributed by atoms with van der Waals surface area (Å²) in [6.45, 7) is 0.645. The molecule has 0 bridgehead atoms. The number of benzene rings is 2. The van der Waals surface area contributed by atoms with Crippen molar-refractivity contribution in [3.63, 3.8) is 0 Å². The van der Waals surface area contributed by atoms with Gasteiger partial charge in [0.1, 0.15) is 11.5 Å². The lowest BCUT2D eigenvalue weighted by molar-refractivity contribution is 0.395. The van der Waals surface area contributed by atoms with Crippen molar-refractivity contribution in [3.8, 4) is 11.5 Å². The molecule has 1 heterocycles. The lowest BCUT2D eigenvalue weighted by atomic mass is 10.0. The molecule has 0 spiro atoms. The summed E-state index contributed by atoms with van der Waals surface area (Å²) in [4.78, 5) is 1.99. The summed E-state index contributed by atoms with van der Waals surface area (Å²) in [5, 5.41) is 0. The molecule has 0 aliphatic carbocycles. The molecule has 0 radical (unpaired) electrons. The quantitative estimate of drug-likeness (QED) is 0.684. The Hall–Kier alpha value is -2.26. The van der Waals surface area contributed by atoms with Crippen molar-refractivity contribution < 1.29 is 26.3 Å². The maximum Gasteiger partial charge on any atom is 0.177 e. The lowest BCUT2D eigenvalue weighted by Crippen LogP contribution is -2.25. The second-order valence-electron chi connectivity index (χ2n) is 7.13. The number of sulfone groups is 2. The minimum absolute atomic E-state index is 0.00851. The third-order valence-electron chi connectivity index (χ3n) is 5.12. The second-order valence-corrected chi connectivity index (χ2v) is 11.1. The van der Waals surface area contributed by atoms with Crippen molar-refractivity contribution in [2.45, 2.75) is 28.7 Å². The Morgan fingerprint density at radius 3 is 2.24 bits per heavy atom. The number of hydrogen-bond donors (Lipinski definition) is 0. The number of methoxy groups -OCH3 is 2. The molecule has 7 nitrogen and oxygen atoms in total. The Kier molecular flexibility index (Phi) is 5.82. The molecule has 1 aliphatic rings. The maximum absolute atomic E-state index is 12.5. The van der Waals surface area contributed by atoms with Gasteiger partial charge in [-0.1, -0.05) is 0 Å². The molecule has 0 saturated carbocycles. The van der Waals surface area contributed by atoms with Crippen molar-refractivity contribution in [1.29, 1.82) is 0 Å². The van der Waals surface area contributed by atoms with E-state index in [1.807, 2.05) is 23.1 Å². The topological polar surface area (TPSA) is 90.0 Å². The molecule has 1 aliphatic heterocycles. The first kappa shape index (κ1) is 21.4. The largest absolute Gasteiger partial charge is 0.497 e. The van der Waals surface area contributed by atoms with Crippen molar-refractivity contribution in [1.82, 2.24) is 0 Å². The highest BCUT2D eigenvalue weighted by molar-refractivity contribution is 7.91. The fourth-order valence-corrected chi connectivity index (χ4v) is 5.37. The highest BCUT2D eigenvalue weighted by atomic mass is 32.2. The molecule has 1 fully saturated rings. The fraction of sp³-hybridized carbons (Fsp3) is 0.400. The number of hydrogen-bond acceptors (Lipinski definition) is 7. The first-order valence-electron chi connectivity index (χ1n) is 9.09. The Balaban J connectivity index is 2.16. The Morgan fingerprint density at radius 2 is 1.66 bits per heavy atom. The van der Waals surface area contributed by atoms with Crippen LogP contribution in [0.1, 0.15) is 24.4 Å². The number of rotatable bonds is 6. The zero-order valence-corrected chi connectivity index (χ0v) is 18.5. The molecule has 1 saturated heterocycles. The van der Waals surface area contributed by atoms with E-state index in [2.05, 4.69) is 0 Å². The highest BCUT2D eigenvalue weighted by Crippen LogP contribution is 2.43. The second kappa shape index (κ2) is 7.87. The predicted octanol–water partition coefficient (Wildman–Crippen LogP) is 2.85. The smallest absolute Gasteiger partial charge is 0.177 e. The fourth-order valence-electron chi connectivity index (χ4n) is 3.74. The van der Waals surface area contributed by atoms with E-state index in [1.54, 1.807) is 20.3 Å². The van der Waals surface area contributed by atoms with Crippen LogP contribution in [-0.4, -0.2) is 50.1 Å². The van der Waals surface area contributed by atoms with Crippen LogP contribution in [0.4, 0.5) is 5.69 Å². The van der Waals surface area contributed by atoms with Gasteiger partial charge in [-0.15, -0.1) is 0 Å². The van der Waals surface area contributed by atoms with E-state index in [1.165, 1.54) is 12.1 Å². The van der Waals surface area contributed by atoms with E-state index in [0.717, 1.165) is 30.9 Å². The van der Waals surface area contributed by atoms with Gasteiger partial charge in [-0.3, -0.25) is 0 Å². The molecule has 2 aromatic carbocycles. The standard InChI is InChI=1S/C20H25NO6S2/c1-26-14-7-10-19(27-2)16(12-14)17-6-5-11-21(17)18-9-8-15(28(3,22)23)13-20(18)29(4,24)25/h7-10,12-13,17H,5-6,11H2,1-4H3/t17-/m0/s1. The zero-order valence-electron chi connectivity index (χ0n) is 16.9. The summed E-state index contributed by atoms with van der Waals surface area (Å²) in [6, 6.07) is 9.70. The number of anilines is 1. The number of ether oxygens (including phenoxy) is 2. The molecule has 0 N–H and O–H groups in total. The molecule has 9 heteroatoms. The van der Waals surface area contributed by atoms with Gasteiger partial charge in [0.2, 0.25) is 0 Å². The van der Waals surface area contributed by atoms with E-state index in [9.17, 15) is 16.8 Å². The van der Waals surface area contributed by atoms with Crippen LogP contribution in [-0.2, 0) is 19.7 Å². The average Bonchev–Trinajstić information content (AvgIpc) is 3.15. The van der Waals surface area contributed by atoms with Crippen LogP contribution < -0.4 is 14.4 Å². The Labute approximate surface area is 172 Å². The van der Waals surface area contributed by atoms with Gasteiger partial charge in [0, 0.05) is 24.6 Å². The van der Waals surface area contributed by atoms with Gasteiger partial charge in [-0.25, -0.2) is 16.8 Å². The molecule has 0 amide bonds. The van der Waals surface area contributed by atoms with Crippen LogP contribution in [0.5, 0.6) is 11.5 Å². The van der Waals surface area contributed by atoms with Crippen LogP contribution in [0.3, 0.4) is 0 Å². The van der Waals surface area contributed by atoms with Crippen molar-refractivity contribution in [2.75, 3.05) is 38.2 Å². The molecule has 0 unspecified atom stereocenters. The summed E-state index contributed by atoms with van der Waals surface area (Å²) >= 11 is 0. The van der Waals surface area contributed by atoms with Crippen molar-refractivity contribution >= 4 is 25.4 Å². The van der Waals surface area contributed by atoms with Crippen LogP contribution >= 0.6 is 0 Å². The minimum atomic E-state index is -3.65. The van der Waals surface area contributed by atoms with E-state index >= 15 is 0 Å². The van der Waals surface area contributed by atoms with E-state index in [0.29, 0.717) is 23.7 Å². The molecule has 0 aromatic heterocycles. The summed E-state index contributed by atoms with van der Waals surface area (Å²) in [5.41, 5.74) is 1.39. The Morgan fingerprint density at radius 1 is 0.931 bits per heavy atom. The molecule has 158 valence electrons. The van der Waals surface area contributed by atoms with E-state index in [4.69, 9.17) is 9.47 Å². The van der Waals surface area contributed by atoms with Gasteiger partial charge in [0.25, 0.3) is 0 Å². The highest BCUT2D eigenvalue weighted by Gasteiger charge is 2.32. The summed E-state index contributed by atoms with van der Waals surface area (Å²) in [5.74, 6) is 1.37. The number of nitrogens with zero attached hydrogens (tertiary/aromatic N) is 1. The molecule has 29 heavy (non-hydrogen) atoms. The molecular weight excluding hydrogens is 414 g/mol. The molecule has 3 rings (SSSR count). The van der Waals surface area contributed by atoms with Gasteiger partial charge in [0.05, 0.1) is 35.7 Å². The van der Waals surface area contributed by atoms with E-state index in [-0.39, 0.29) is 15.8 Å². The Bertz CT molecular complexity index is 1130. The predicted molar refractivity (Wildman–Crippen MR) is 112 cm³/mol. The van der Waals surface area contributed by atoms with Crippen molar-refractivity contribution in [3.05, 3.63) is 42.0 Å². The van der Waals surface area contributed by atoms with Gasteiger partial charge in [-0.05, 0) is 49.2 Å². The van der Waals surface area contributed by atoms with Crippen molar-refractivity contribution in [2.24, 2.45) is 0 Å². The maximum atomic E-state index is 12.5. The monoisotopic (exact) mass is 439 g/mol. The van der Waals surface area contributed by atoms with Crippen LogP contribution in [0.2, 0.25) is 0 Å². The first-order valence-corrected chi connectivity index (χ1v) is 12.9. The summed E-state index contributed by atoms with van der Waals surface area (Å²) < 4.78 is 59.7. The van der Waals surface area contributed by atoms with Gasteiger partial charge in [0.15, 0.2) is 19.7 Å². The van der Waals surface area contributed by atoms with E-state index < -0.39 is 19.7 Å². The molecular formula is C20H25NO6S2. The summed E-state index contributed by atoms with van der Waals surface area (Å²) in [7, 11) is -4.00.